The molecular formula is C19H20N4S2. The highest BCUT2D eigenvalue weighted by molar-refractivity contribution is 7.99. The Morgan fingerprint density at radius 1 is 0.640 bits per heavy atom. The van der Waals surface area contributed by atoms with Crippen molar-refractivity contribution in [2.75, 3.05) is 11.5 Å². The second-order valence-corrected chi connectivity index (χ2v) is 8.04. The first-order valence-electron chi connectivity index (χ1n) is 8.53. The maximum atomic E-state index is 4.60. The molecular weight excluding hydrogens is 348 g/mol. The molecule has 0 aliphatic carbocycles. The van der Waals surface area contributed by atoms with Crippen molar-refractivity contribution < 1.29 is 0 Å². The molecule has 4 rings (SSSR count). The van der Waals surface area contributed by atoms with Crippen molar-refractivity contribution in [3.8, 4) is 0 Å². The summed E-state index contributed by atoms with van der Waals surface area (Å²) < 4.78 is 0. The van der Waals surface area contributed by atoms with E-state index < -0.39 is 0 Å². The molecule has 0 amide bonds. The molecule has 0 saturated heterocycles. The molecule has 0 atom stereocenters. The minimum Gasteiger partial charge on any atom is -0.333 e. The molecule has 0 radical (unpaired) electrons. The Morgan fingerprint density at radius 2 is 1.12 bits per heavy atom. The first-order chi connectivity index (χ1) is 12.4. The van der Waals surface area contributed by atoms with E-state index in [1.807, 2.05) is 59.9 Å². The zero-order chi connectivity index (χ0) is 16.9. The number of fused-ring (bicyclic) bond motifs is 2. The summed E-state index contributed by atoms with van der Waals surface area (Å²) in [6.07, 6.45) is 3.66. The van der Waals surface area contributed by atoms with Crippen LogP contribution in [-0.2, 0) is 0 Å². The van der Waals surface area contributed by atoms with Crippen LogP contribution in [0.1, 0.15) is 19.3 Å². The number of benzene rings is 2. The lowest BCUT2D eigenvalue weighted by molar-refractivity contribution is 0.783. The van der Waals surface area contributed by atoms with Gasteiger partial charge in [-0.3, -0.25) is 0 Å². The van der Waals surface area contributed by atoms with Crippen molar-refractivity contribution in [1.82, 2.24) is 19.9 Å². The predicted molar refractivity (Wildman–Crippen MR) is 107 cm³/mol. The molecule has 0 unspecified atom stereocenters. The summed E-state index contributed by atoms with van der Waals surface area (Å²) >= 11 is 3.62. The van der Waals surface area contributed by atoms with Crippen LogP contribution in [0.2, 0.25) is 0 Å². The van der Waals surface area contributed by atoms with Gasteiger partial charge in [0, 0.05) is 11.5 Å². The number of nitrogens with one attached hydrogen (secondary N) is 2. The second-order valence-electron chi connectivity index (χ2n) is 5.88. The highest BCUT2D eigenvalue weighted by Gasteiger charge is 2.03. The molecule has 0 aliphatic heterocycles. The number of rotatable bonds is 8. The average Bonchev–Trinajstić information content (AvgIpc) is 3.23. The maximum absolute atomic E-state index is 4.60. The number of nitrogens with zero attached hydrogens (tertiary/aromatic N) is 2. The van der Waals surface area contributed by atoms with Crippen LogP contribution in [0.15, 0.2) is 58.8 Å². The van der Waals surface area contributed by atoms with Crippen LogP contribution in [0.4, 0.5) is 0 Å². The van der Waals surface area contributed by atoms with Gasteiger partial charge >= 0.3 is 0 Å². The minimum atomic E-state index is 1.03. The number of thioether (sulfide) groups is 2. The van der Waals surface area contributed by atoms with Crippen molar-refractivity contribution >= 4 is 45.6 Å². The van der Waals surface area contributed by atoms with E-state index >= 15 is 0 Å². The van der Waals surface area contributed by atoms with E-state index in [4.69, 9.17) is 0 Å². The molecule has 0 aliphatic rings. The summed E-state index contributed by atoms with van der Waals surface area (Å²) in [5.41, 5.74) is 4.33. The third-order valence-corrected chi connectivity index (χ3v) is 5.92. The van der Waals surface area contributed by atoms with Crippen LogP contribution < -0.4 is 0 Å². The molecule has 0 spiro atoms. The third-order valence-electron chi connectivity index (χ3n) is 4.00. The van der Waals surface area contributed by atoms with Gasteiger partial charge in [-0.05, 0) is 37.1 Å². The highest BCUT2D eigenvalue weighted by atomic mass is 32.2. The third kappa shape index (κ3) is 4.19. The Kier molecular flexibility index (Phi) is 5.28. The molecule has 4 nitrogen and oxygen atoms in total. The number of unbranched alkanes of at least 4 members (excludes halogenated alkanes) is 2. The Balaban J connectivity index is 1.15. The quantitative estimate of drug-likeness (QED) is 0.319. The fourth-order valence-electron chi connectivity index (χ4n) is 2.71. The summed E-state index contributed by atoms with van der Waals surface area (Å²) in [5, 5.41) is 2.05. The second kappa shape index (κ2) is 7.97. The molecule has 2 aromatic heterocycles. The van der Waals surface area contributed by atoms with Crippen LogP contribution in [0, 0.1) is 0 Å². The number of hydrogen-bond donors (Lipinski definition) is 2. The Bertz CT molecular complexity index is 816. The number of H-pyrrole nitrogens is 2. The van der Waals surface area contributed by atoms with E-state index in [-0.39, 0.29) is 0 Å². The topological polar surface area (TPSA) is 57.4 Å². The van der Waals surface area contributed by atoms with Gasteiger partial charge in [0.15, 0.2) is 10.3 Å². The Labute approximate surface area is 155 Å². The molecule has 6 heteroatoms. The Morgan fingerprint density at radius 3 is 1.60 bits per heavy atom. The molecule has 2 heterocycles. The number of aromatic nitrogens is 4. The molecule has 0 saturated carbocycles. The van der Waals surface area contributed by atoms with Gasteiger partial charge in [-0.15, -0.1) is 0 Å². The van der Waals surface area contributed by atoms with Gasteiger partial charge in [-0.2, -0.15) is 0 Å². The van der Waals surface area contributed by atoms with Crippen LogP contribution in [0.25, 0.3) is 22.1 Å². The zero-order valence-electron chi connectivity index (χ0n) is 13.9. The van der Waals surface area contributed by atoms with Gasteiger partial charge in [-0.25, -0.2) is 9.97 Å². The first kappa shape index (κ1) is 16.5. The van der Waals surface area contributed by atoms with Crippen LogP contribution >= 0.6 is 23.5 Å². The number of imidazole rings is 2. The van der Waals surface area contributed by atoms with E-state index in [9.17, 15) is 0 Å². The van der Waals surface area contributed by atoms with Gasteiger partial charge < -0.3 is 9.97 Å². The smallest absolute Gasteiger partial charge is 0.166 e. The molecule has 0 fully saturated rings. The Hall–Kier alpha value is -1.92. The van der Waals surface area contributed by atoms with Crippen molar-refractivity contribution in [2.45, 2.75) is 29.6 Å². The first-order valence-corrected chi connectivity index (χ1v) is 10.5. The highest BCUT2D eigenvalue weighted by Crippen LogP contribution is 2.22. The van der Waals surface area contributed by atoms with Crippen molar-refractivity contribution in [1.29, 1.82) is 0 Å². The number of hydrogen-bond acceptors (Lipinski definition) is 4. The van der Waals surface area contributed by atoms with E-state index in [1.54, 1.807) is 0 Å². The van der Waals surface area contributed by atoms with Crippen molar-refractivity contribution in [3.05, 3.63) is 48.5 Å². The zero-order valence-corrected chi connectivity index (χ0v) is 15.5. The van der Waals surface area contributed by atoms with Gasteiger partial charge in [0.2, 0.25) is 0 Å². The maximum Gasteiger partial charge on any atom is 0.166 e. The molecule has 4 aromatic rings. The van der Waals surface area contributed by atoms with Crippen molar-refractivity contribution in [3.63, 3.8) is 0 Å². The fourth-order valence-corrected chi connectivity index (χ4v) is 4.49. The van der Waals surface area contributed by atoms with E-state index in [0.29, 0.717) is 0 Å². The SMILES string of the molecule is c1ccc2[nH]c(SCCCCCSc3nc4ccccc4[nH]3)nc2c1. The predicted octanol–water partition coefficient (Wildman–Crippen LogP) is 5.49. The lowest BCUT2D eigenvalue weighted by atomic mass is 10.3. The van der Waals surface area contributed by atoms with Gasteiger partial charge in [0.05, 0.1) is 22.1 Å². The minimum absolute atomic E-state index is 1.03. The standard InChI is InChI=1S/C19H20N4S2/c1(6-12-24-18-20-14-8-2-3-9-15(14)21-18)7-13-25-19-22-16-10-4-5-11-17(16)23-19/h2-5,8-11H,1,6-7,12-13H2,(H,20,21)(H,22,23). The van der Waals surface area contributed by atoms with E-state index in [0.717, 1.165) is 43.9 Å². The van der Waals surface area contributed by atoms with E-state index in [2.05, 4.69) is 32.1 Å². The lowest BCUT2D eigenvalue weighted by Crippen LogP contribution is -1.86. The van der Waals surface area contributed by atoms with E-state index in [1.165, 1.54) is 19.3 Å². The summed E-state index contributed by atoms with van der Waals surface area (Å²) in [6, 6.07) is 16.4. The van der Waals surface area contributed by atoms with Gasteiger partial charge in [0.1, 0.15) is 0 Å². The average molecular weight is 369 g/mol. The molecule has 25 heavy (non-hydrogen) atoms. The molecule has 128 valence electrons. The summed E-state index contributed by atoms with van der Waals surface area (Å²) in [7, 11) is 0. The van der Waals surface area contributed by atoms with Crippen LogP contribution in [0.3, 0.4) is 0 Å². The summed E-state index contributed by atoms with van der Waals surface area (Å²) in [4.78, 5) is 15.9. The lowest BCUT2D eigenvalue weighted by Gasteiger charge is -1.99. The molecule has 2 N–H and O–H groups in total. The fraction of sp³-hybridized carbons (Fsp3) is 0.263. The van der Waals surface area contributed by atoms with Crippen LogP contribution in [-0.4, -0.2) is 31.4 Å². The largest absolute Gasteiger partial charge is 0.333 e. The van der Waals surface area contributed by atoms with Crippen LogP contribution in [0.5, 0.6) is 0 Å². The van der Waals surface area contributed by atoms with Gasteiger partial charge in [0.25, 0.3) is 0 Å². The number of aromatic amines is 2. The molecule has 2 aromatic carbocycles. The normalized spacial score (nSPS) is 11.5. The summed E-state index contributed by atoms with van der Waals surface area (Å²) in [6.45, 7) is 0. The monoisotopic (exact) mass is 368 g/mol. The molecule has 0 bridgehead atoms. The van der Waals surface area contributed by atoms with Gasteiger partial charge in [-0.1, -0.05) is 54.2 Å². The summed E-state index contributed by atoms with van der Waals surface area (Å²) in [5.74, 6) is 2.21. The van der Waals surface area contributed by atoms with Crippen molar-refractivity contribution in [2.24, 2.45) is 0 Å². The number of para-hydroxylation sites is 4.